The average Bonchev–Trinajstić information content (AvgIpc) is 2.98. The maximum Gasteiger partial charge on any atom is 0.251 e. The number of nitrogens with zero attached hydrogens (tertiary/aromatic N) is 1. The molecule has 0 unspecified atom stereocenters. The summed E-state index contributed by atoms with van der Waals surface area (Å²) >= 11 is 0. The Morgan fingerprint density at radius 3 is 2.41 bits per heavy atom. The highest BCUT2D eigenvalue weighted by molar-refractivity contribution is 7.89. The van der Waals surface area contributed by atoms with Gasteiger partial charge in [-0.1, -0.05) is 18.9 Å². The molecule has 1 aliphatic rings. The number of quaternary nitrogens is 1. The van der Waals surface area contributed by atoms with Gasteiger partial charge >= 0.3 is 0 Å². The van der Waals surface area contributed by atoms with E-state index < -0.39 is 10.0 Å². The Labute approximate surface area is 164 Å². The van der Waals surface area contributed by atoms with Gasteiger partial charge in [0.25, 0.3) is 5.91 Å². The van der Waals surface area contributed by atoms with Crippen molar-refractivity contribution in [2.45, 2.75) is 50.8 Å². The molecule has 6 nitrogen and oxygen atoms in total. The fourth-order valence-corrected chi connectivity index (χ4v) is 5.04. The van der Waals surface area contributed by atoms with Crippen molar-refractivity contribution in [2.24, 2.45) is 0 Å². The van der Waals surface area contributed by atoms with Gasteiger partial charge in [-0.2, -0.15) is 4.31 Å². The second kappa shape index (κ2) is 10.8. The van der Waals surface area contributed by atoms with Crippen LogP contribution in [0.4, 0.5) is 0 Å². The van der Waals surface area contributed by atoms with Crippen molar-refractivity contribution in [3.8, 4) is 0 Å². The number of hydrogen-bond donors (Lipinski definition) is 2. The quantitative estimate of drug-likeness (QED) is 0.618. The second-order valence-corrected chi connectivity index (χ2v) is 9.10. The van der Waals surface area contributed by atoms with Crippen molar-refractivity contribution in [1.82, 2.24) is 9.62 Å². The van der Waals surface area contributed by atoms with Gasteiger partial charge in [-0.15, -0.1) is 0 Å². The second-order valence-electron chi connectivity index (χ2n) is 7.16. The van der Waals surface area contributed by atoms with E-state index in [0.29, 0.717) is 25.2 Å². The normalized spacial score (nSPS) is 16.3. The minimum atomic E-state index is -3.53. The number of carbonyl (C=O) groups is 1. The number of nitrogens with one attached hydrogen (secondary N) is 2. The van der Waals surface area contributed by atoms with Gasteiger partial charge in [0.2, 0.25) is 10.0 Å². The third-order valence-electron chi connectivity index (χ3n) is 5.29. The lowest BCUT2D eigenvalue weighted by molar-refractivity contribution is -0.896. The monoisotopic (exact) mass is 396 g/mol. The number of amides is 1. The molecule has 27 heavy (non-hydrogen) atoms. The Morgan fingerprint density at radius 1 is 1.11 bits per heavy atom. The van der Waals surface area contributed by atoms with E-state index >= 15 is 0 Å². The molecule has 0 bridgehead atoms. The highest BCUT2D eigenvalue weighted by atomic mass is 32.2. The van der Waals surface area contributed by atoms with Crippen molar-refractivity contribution >= 4 is 15.9 Å². The van der Waals surface area contributed by atoms with Gasteiger partial charge in [0.15, 0.2) is 0 Å². The van der Waals surface area contributed by atoms with E-state index in [1.54, 1.807) is 22.5 Å². The van der Waals surface area contributed by atoms with Crippen molar-refractivity contribution in [2.75, 3.05) is 39.3 Å². The van der Waals surface area contributed by atoms with Gasteiger partial charge in [-0.25, -0.2) is 8.42 Å². The first-order chi connectivity index (χ1) is 13.0. The number of rotatable bonds is 9. The SMILES string of the molecule is CC[NH+](CC)CCCNC(=O)c1cccc(S(=O)(=O)N2CCCCCC2)c1. The molecule has 0 atom stereocenters. The minimum absolute atomic E-state index is 0.211. The highest BCUT2D eigenvalue weighted by Crippen LogP contribution is 2.21. The lowest BCUT2D eigenvalue weighted by atomic mass is 10.2. The van der Waals surface area contributed by atoms with Crippen LogP contribution in [0.2, 0.25) is 0 Å². The van der Waals surface area contributed by atoms with E-state index in [-0.39, 0.29) is 10.8 Å². The van der Waals surface area contributed by atoms with Gasteiger partial charge < -0.3 is 10.2 Å². The Morgan fingerprint density at radius 2 is 1.78 bits per heavy atom. The molecule has 1 aromatic carbocycles. The predicted molar refractivity (Wildman–Crippen MR) is 108 cm³/mol. The Hall–Kier alpha value is -1.44. The third-order valence-corrected chi connectivity index (χ3v) is 7.19. The zero-order valence-corrected chi connectivity index (χ0v) is 17.5. The summed E-state index contributed by atoms with van der Waals surface area (Å²) in [6.07, 6.45) is 4.85. The molecule has 1 aliphatic heterocycles. The number of carbonyl (C=O) groups excluding carboxylic acids is 1. The standard InChI is InChI=1S/C20H33N3O3S/c1-3-22(4-2)14-10-13-21-20(24)18-11-9-12-19(17-18)27(25,26)23-15-7-5-6-8-16-23/h9,11-12,17H,3-8,10,13-16H2,1-2H3,(H,21,24)/p+1. The van der Waals surface area contributed by atoms with Crippen LogP contribution < -0.4 is 10.2 Å². The van der Waals surface area contributed by atoms with Crippen LogP contribution in [0.25, 0.3) is 0 Å². The average molecular weight is 397 g/mol. The molecule has 152 valence electrons. The van der Waals surface area contributed by atoms with Crippen molar-refractivity contribution in [1.29, 1.82) is 0 Å². The fraction of sp³-hybridized carbons (Fsp3) is 0.650. The van der Waals surface area contributed by atoms with E-state index in [1.165, 1.54) is 11.0 Å². The number of benzene rings is 1. The molecule has 0 radical (unpaired) electrons. The Bertz CT molecular complexity index is 694. The summed E-state index contributed by atoms with van der Waals surface area (Å²) in [6.45, 7) is 9.24. The molecule has 0 spiro atoms. The molecule has 0 aromatic heterocycles. The summed E-state index contributed by atoms with van der Waals surface area (Å²) < 4.78 is 27.4. The van der Waals surface area contributed by atoms with Crippen LogP contribution in [0, 0.1) is 0 Å². The molecule has 2 rings (SSSR count). The van der Waals surface area contributed by atoms with Crippen molar-refractivity contribution < 1.29 is 18.1 Å². The van der Waals surface area contributed by atoms with Crippen LogP contribution in [0.15, 0.2) is 29.2 Å². The van der Waals surface area contributed by atoms with E-state index in [1.807, 2.05) is 0 Å². The maximum atomic E-state index is 12.9. The molecule has 1 saturated heterocycles. The first-order valence-corrected chi connectivity index (χ1v) is 11.6. The summed E-state index contributed by atoms with van der Waals surface area (Å²) in [5, 5.41) is 2.91. The topological polar surface area (TPSA) is 70.9 Å². The Kier molecular flexibility index (Phi) is 8.73. The first-order valence-electron chi connectivity index (χ1n) is 10.2. The predicted octanol–water partition coefficient (Wildman–Crippen LogP) is 1.30. The van der Waals surface area contributed by atoms with E-state index in [2.05, 4.69) is 19.2 Å². The molecule has 1 aromatic rings. The smallest absolute Gasteiger partial charge is 0.251 e. The lowest BCUT2D eigenvalue weighted by Gasteiger charge is -2.20. The zero-order valence-electron chi connectivity index (χ0n) is 16.7. The molecule has 1 amide bonds. The maximum absolute atomic E-state index is 12.9. The van der Waals surface area contributed by atoms with Crippen molar-refractivity contribution in [3.63, 3.8) is 0 Å². The lowest BCUT2D eigenvalue weighted by Crippen LogP contribution is -3.11. The van der Waals surface area contributed by atoms with E-state index in [0.717, 1.165) is 51.7 Å². The molecular weight excluding hydrogens is 362 g/mol. The molecule has 1 heterocycles. The molecule has 0 saturated carbocycles. The van der Waals surface area contributed by atoms with Gasteiger partial charge in [-0.05, 0) is 44.9 Å². The molecule has 0 aliphatic carbocycles. The first kappa shape index (κ1) is 21.9. The van der Waals surface area contributed by atoms with Gasteiger partial charge in [-0.3, -0.25) is 4.79 Å². The van der Waals surface area contributed by atoms with E-state index in [9.17, 15) is 13.2 Å². The molecule has 2 N–H and O–H groups in total. The number of hydrogen-bond acceptors (Lipinski definition) is 3. The Balaban J connectivity index is 1.98. The van der Waals surface area contributed by atoms with Gasteiger partial charge in [0.05, 0.1) is 24.5 Å². The van der Waals surface area contributed by atoms with Crippen LogP contribution in [0.1, 0.15) is 56.3 Å². The van der Waals surface area contributed by atoms with E-state index in [4.69, 9.17) is 0 Å². The van der Waals surface area contributed by atoms with Crippen LogP contribution in [-0.2, 0) is 10.0 Å². The summed E-state index contributed by atoms with van der Waals surface area (Å²) in [6, 6.07) is 6.41. The largest absolute Gasteiger partial charge is 0.352 e. The minimum Gasteiger partial charge on any atom is -0.352 e. The summed E-state index contributed by atoms with van der Waals surface area (Å²) in [7, 11) is -3.53. The van der Waals surface area contributed by atoms with Crippen molar-refractivity contribution in [3.05, 3.63) is 29.8 Å². The molecular formula is C20H34N3O3S+. The van der Waals surface area contributed by atoms with Gasteiger partial charge in [0, 0.05) is 31.6 Å². The number of sulfonamides is 1. The van der Waals surface area contributed by atoms with Crippen LogP contribution >= 0.6 is 0 Å². The summed E-state index contributed by atoms with van der Waals surface area (Å²) in [4.78, 5) is 14.1. The molecule has 7 heteroatoms. The third kappa shape index (κ3) is 6.30. The zero-order chi connectivity index (χ0) is 19.7. The highest BCUT2D eigenvalue weighted by Gasteiger charge is 2.25. The van der Waals surface area contributed by atoms with Gasteiger partial charge in [0.1, 0.15) is 0 Å². The van der Waals surface area contributed by atoms with Crippen LogP contribution in [0.5, 0.6) is 0 Å². The summed E-state index contributed by atoms with van der Waals surface area (Å²) in [5.41, 5.74) is 0.404. The summed E-state index contributed by atoms with van der Waals surface area (Å²) in [5.74, 6) is -0.211. The molecule has 1 fully saturated rings. The van der Waals surface area contributed by atoms with Crippen LogP contribution in [-0.4, -0.2) is 57.9 Å². The van der Waals surface area contributed by atoms with Crippen LogP contribution in [0.3, 0.4) is 0 Å². The fourth-order valence-electron chi connectivity index (χ4n) is 3.47.